The highest BCUT2D eigenvalue weighted by Crippen LogP contribution is 2.27. The summed E-state index contributed by atoms with van der Waals surface area (Å²) in [4.78, 5) is 19.3. The summed E-state index contributed by atoms with van der Waals surface area (Å²) < 4.78 is 0. The fourth-order valence-electron chi connectivity index (χ4n) is 5.18. The van der Waals surface area contributed by atoms with Gasteiger partial charge in [0.05, 0.1) is 11.7 Å². The lowest BCUT2D eigenvalue weighted by Crippen LogP contribution is -2.59. The summed E-state index contributed by atoms with van der Waals surface area (Å²) in [5.74, 6) is 2.71. The molecule has 1 saturated heterocycles. The molecule has 0 spiro atoms. The van der Waals surface area contributed by atoms with Crippen molar-refractivity contribution in [2.24, 2.45) is 10.9 Å². The zero-order chi connectivity index (χ0) is 25.7. The molecular formula is C28H40N8. The van der Waals surface area contributed by atoms with Crippen LogP contribution in [0.25, 0.3) is 0 Å². The minimum atomic E-state index is 0.155. The highest BCUT2D eigenvalue weighted by Gasteiger charge is 2.33. The Morgan fingerprint density at radius 1 is 1.08 bits per heavy atom. The van der Waals surface area contributed by atoms with Gasteiger partial charge in [-0.1, -0.05) is 51.3 Å². The maximum Gasteiger partial charge on any atom is 0.227 e. The minimum absolute atomic E-state index is 0.155. The van der Waals surface area contributed by atoms with Crippen molar-refractivity contribution in [3.8, 4) is 6.19 Å². The Labute approximate surface area is 215 Å². The minimum Gasteiger partial charge on any atom is -0.367 e. The molecule has 1 aromatic carbocycles. The Hall–Kier alpha value is -3.34. The molecule has 1 unspecified atom stereocenters. The molecule has 1 aliphatic carbocycles. The molecule has 0 bridgehead atoms. The first-order valence-electron chi connectivity index (χ1n) is 13.3. The molecule has 2 fully saturated rings. The number of nitrogens with one attached hydrogen (secondary N) is 2. The molecule has 1 atom stereocenters. The van der Waals surface area contributed by atoms with Crippen LogP contribution in [0.3, 0.4) is 0 Å². The summed E-state index contributed by atoms with van der Waals surface area (Å²) in [5.41, 5.74) is 4.11. The number of benzene rings is 1. The van der Waals surface area contributed by atoms with E-state index in [0.29, 0.717) is 17.9 Å². The van der Waals surface area contributed by atoms with Crippen molar-refractivity contribution in [1.29, 1.82) is 5.26 Å². The van der Waals surface area contributed by atoms with E-state index in [2.05, 4.69) is 54.3 Å². The Morgan fingerprint density at radius 3 is 2.53 bits per heavy atom. The predicted molar refractivity (Wildman–Crippen MR) is 147 cm³/mol. The second-order valence-electron chi connectivity index (χ2n) is 10.5. The Kier molecular flexibility index (Phi) is 8.29. The number of anilines is 2. The third-order valence-corrected chi connectivity index (χ3v) is 7.58. The molecule has 2 N–H and O–H groups in total. The van der Waals surface area contributed by atoms with E-state index in [0.717, 1.165) is 53.9 Å². The van der Waals surface area contributed by atoms with E-state index in [9.17, 15) is 5.26 Å². The summed E-state index contributed by atoms with van der Waals surface area (Å²) in [6, 6.07) is 8.65. The maximum atomic E-state index is 9.49. The third kappa shape index (κ3) is 5.89. The first kappa shape index (κ1) is 25.7. The molecular weight excluding hydrogens is 448 g/mol. The number of aliphatic imine (C=N–C) groups is 1. The molecule has 2 aliphatic rings. The molecule has 36 heavy (non-hydrogen) atoms. The standard InChI is InChI=1S/C28H40N8/c1-19(2)25-17-35(15-16-36(25)27(30-18-29)33-24-14-10-9-11-20(24)3)28-31-22(5)21(4)26(34-28)32-23-12-7-6-8-13-23/h9-11,14,19,23,25H,6-8,12-13,15-17H2,1-5H3,(H,30,33)(H,31,32,34). The first-order chi connectivity index (χ1) is 17.4. The van der Waals surface area contributed by atoms with Crippen LogP contribution in [-0.2, 0) is 0 Å². The van der Waals surface area contributed by atoms with Gasteiger partial charge in [-0.05, 0) is 51.2 Å². The van der Waals surface area contributed by atoms with Crippen LogP contribution in [0.5, 0.6) is 0 Å². The van der Waals surface area contributed by atoms with Gasteiger partial charge in [0, 0.05) is 36.9 Å². The SMILES string of the molecule is Cc1ccccc1N=C(NC#N)N1CCN(c2nc(C)c(C)c(NC3CCCCC3)n2)CC1C(C)C. The monoisotopic (exact) mass is 488 g/mol. The van der Waals surface area contributed by atoms with E-state index in [1.165, 1.54) is 32.1 Å². The molecule has 0 radical (unpaired) electrons. The molecule has 8 nitrogen and oxygen atoms in total. The molecule has 192 valence electrons. The third-order valence-electron chi connectivity index (χ3n) is 7.58. The van der Waals surface area contributed by atoms with Crippen molar-refractivity contribution in [3.05, 3.63) is 41.1 Å². The predicted octanol–water partition coefficient (Wildman–Crippen LogP) is 5.05. The molecule has 0 amide bonds. The van der Waals surface area contributed by atoms with Gasteiger partial charge in [-0.15, -0.1) is 0 Å². The second kappa shape index (κ2) is 11.6. The molecule has 4 rings (SSSR count). The smallest absolute Gasteiger partial charge is 0.227 e. The average molecular weight is 489 g/mol. The molecule has 1 aromatic heterocycles. The number of hydrogen-bond donors (Lipinski definition) is 2. The van der Waals surface area contributed by atoms with Gasteiger partial charge < -0.3 is 15.1 Å². The fraction of sp³-hybridized carbons (Fsp3) is 0.571. The van der Waals surface area contributed by atoms with Gasteiger partial charge in [0.2, 0.25) is 11.9 Å². The topological polar surface area (TPSA) is 92.5 Å². The molecule has 2 heterocycles. The van der Waals surface area contributed by atoms with Crippen LogP contribution >= 0.6 is 0 Å². The van der Waals surface area contributed by atoms with Crippen molar-refractivity contribution in [2.45, 2.75) is 78.8 Å². The molecule has 1 aliphatic heterocycles. The number of aromatic nitrogens is 2. The molecule has 8 heteroatoms. The first-order valence-corrected chi connectivity index (χ1v) is 13.3. The second-order valence-corrected chi connectivity index (χ2v) is 10.5. The van der Waals surface area contributed by atoms with Crippen LogP contribution in [0, 0.1) is 38.1 Å². The quantitative estimate of drug-likeness (QED) is 0.263. The zero-order valence-corrected chi connectivity index (χ0v) is 22.4. The fourth-order valence-corrected chi connectivity index (χ4v) is 5.18. The number of nitrogens with zero attached hydrogens (tertiary/aromatic N) is 6. The van der Waals surface area contributed by atoms with E-state index < -0.39 is 0 Å². The van der Waals surface area contributed by atoms with E-state index >= 15 is 0 Å². The normalized spacial score (nSPS) is 19.4. The largest absolute Gasteiger partial charge is 0.367 e. The van der Waals surface area contributed by atoms with E-state index in [1.54, 1.807) is 0 Å². The van der Waals surface area contributed by atoms with Crippen LogP contribution in [0.4, 0.5) is 17.5 Å². The van der Waals surface area contributed by atoms with E-state index in [1.807, 2.05) is 31.2 Å². The van der Waals surface area contributed by atoms with E-state index in [4.69, 9.17) is 15.0 Å². The Bertz CT molecular complexity index is 1110. The van der Waals surface area contributed by atoms with Crippen molar-refractivity contribution in [2.75, 3.05) is 29.9 Å². The van der Waals surface area contributed by atoms with Gasteiger partial charge in [0.15, 0.2) is 6.19 Å². The van der Waals surface area contributed by atoms with Gasteiger partial charge in [-0.2, -0.15) is 10.2 Å². The van der Waals surface area contributed by atoms with Crippen LogP contribution in [0.15, 0.2) is 29.3 Å². The summed E-state index contributed by atoms with van der Waals surface area (Å²) in [5, 5.41) is 16.1. The lowest BCUT2D eigenvalue weighted by atomic mass is 9.95. The van der Waals surface area contributed by atoms with Crippen LogP contribution in [0.1, 0.15) is 62.8 Å². The van der Waals surface area contributed by atoms with E-state index in [-0.39, 0.29) is 6.04 Å². The zero-order valence-electron chi connectivity index (χ0n) is 22.4. The number of rotatable bonds is 5. The number of hydrogen-bond acceptors (Lipinski definition) is 6. The highest BCUT2D eigenvalue weighted by molar-refractivity contribution is 5.85. The lowest BCUT2D eigenvalue weighted by molar-refractivity contribution is 0.219. The number of para-hydroxylation sites is 1. The number of guanidine groups is 1. The number of aryl methyl sites for hydroxylation is 2. The maximum absolute atomic E-state index is 9.49. The van der Waals surface area contributed by atoms with Crippen LogP contribution in [-0.4, -0.2) is 52.5 Å². The van der Waals surface area contributed by atoms with Gasteiger partial charge in [-0.3, -0.25) is 5.32 Å². The van der Waals surface area contributed by atoms with Crippen LogP contribution < -0.4 is 15.5 Å². The summed E-state index contributed by atoms with van der Waals surface area (Å²) in [6.45, 7) is 12.9. The Balaban J connectivity index is 1.58. The lowest BCUT2D eigenvalue weighted by Gasteiger charge is -2.44. The van der Waals surface area contributed by atoms with Crippen molar-refractivity contribution >= 4 is 23.4 Å². The Morgan fingerprint density at radius 2 is 1.83 bits per heavy atom. The van der Waals surface area contributed by atoms with Crippen molar-refractivity contribution in [3.63, 3.8) is 0 Å². The summed E-state index contributed by atoms with van der Waals surface area (Å²) in [6.07, 6.45) is 8.42. The average Bonchev–Trinajstić information content (AvgIpc) is 2.88. The van der Waals surface area contributed by atoms with Gasteiger partial charge in [0.1, 0.15) is 5.82 Å². The highest BCUT2D eigenvalue weighted by atomic mass is 15.4. The molecule has 1 saturated carbocycles. The van der Waals surface area contributed by atoms with Crippen molar-refractivity contribution < 1.29 is 0 Å². The number of nitriles is 1. The number of piperazine rings is 1. The molecule has 2 aromatic rings. The summed E-state index contributed by atoms with van der Waals surface area (Å²) in [7, 11) is 0. The summed E-state index contributed by atoms with van der Waals surface area (Å²) >= 11 is 0. The van der Waals surface area contributed by atoms with Gasteiger partial charge >= 0.3 is 0 Å². The van der Waals surface area contributed by atoms with Gasteiger partial charge in [-0.25, -0.2) is 9.98 Å². The van der Waals surface area contributed by atoms with Crippen LogP contribution in [0.2, 0.25) is 0 Å². The van der Waals surface area contributed by atoms with Gasteiger partial charge in [0.25, 0.3) is 0 Å². The van der Waals surface area contributed by atoms with Crippen molar-refractivity contribution in [1.82, 2.24) is 20.2 Å².